The Morgan fingerprint density at radius 3 is 2.29 bits per heavy atom. The van der Waals surface area contributed by atoms with Gasteiger partial charge in [0, 0.05) is 51.3 Å². The zero-order valence-electron chi connectivity index (χ0n) is 13.5. The monoisotopic (exact) mass is 285 g/mol. The molecule has 2 aromatic heterocycles. The lowest BCUT2D eigenvalue weighted by Crippen LogP contribution is -2.24. The molecule has 0 unspecified atom stereocenters. The molecular weight excluding hydrogens is 262 g/mol. The van der Waals surface area contributed by atoms with E-state index in [1.165, 1.54) is 5.56 Å². The highest BCUT2D eigenvalue weighted by molar-refractivity contribution is 5.51. The molecule has 0 spiro atoms. The molecule has 0 atom stereocenters. The van der Waals surface area contributed by atoms with Crippen LogP contribution in [0, 0.1) is 13.8 Å². The van der Waals surface area contributed by atoms with Gasteiger partial charge in [-0.3, -0.25) is 4.98 Å². The topological polar surface area (TPSA) is 45.2 Å². The van der Waals surface area contributed by atoms with Crippen molar-refractivity contribution >= 4 is 11.8 Å². The summed E-state index contributed by atoms with van der Waals surface area (Å²) in [4.78, 5) is 17.4. The number of pyridine rings is 1. The second kappa shape index (κ2) is 6.52. The van der Waals surface area contributed by atoms with E-state index in [9.17, 15) is 0 Å². The average molecular weight is 285 g/mol. The molecular formula is C16H23N5. The van der Waals surface area contributed by atoms with Crippen molar-refractivity contribution in [3.63, 3.8) is 0 Å². The van der Waals surface area contributed by atoms with Crippen LogP contribution in [0.4, 0.5) is 11.8 Å². The van der Waals surface area contributed by atoms with E-state index in [2.05, 4.69) is 46.0 Å². The fourth-order valence-corrected chi connectivity index (χ4v) is 2.12. The van der Waals surface area contributed by atoms with Gasteiger partial charge in [0.05, 0.1) is 0 Å². The summed E-state index contributed by atoms with van der Waals surface area (Å²) >= 11 is 0. The van der Waals surface area contributed by atoms with E-state index in [0.29, 0.717) is 0 Å². The van der Waals surface area contributed by atoms with Crippen molar-refractivity contribution in [1.82, 2.24) is 15.0 Å². The fourth-order valence-electron chi connectivity index (χ4n) is 2.12. The molecule has 5 heteroatoms. The second-order valence-electron chi connectivity index (χ2n) is 5.48. The van der Waals surface area contributed by atoms with Crippen LogP contribution in [-0.4, -0.2) is 42.6 Å². The summed E-state index contributed by atoms with van der Waals surface area (Å²) in [5.74, 6) is 1.75. The number of likely N-dealkylation sites (N-methyl/N-ethyl adjacent to an activating group) is 1. The molecule has 5 nitrogen and oxygen atoms in total. The number of anilines is 2. The van der Waals surface area contributed by atoms with Crippen LogP contribution in [0.2, 0.25) is 0 Å². The number of rotatable bonds is 5. The second-order valence-corrected chi connectivity index (χ2v) is 5.48. The molecule has 0 aliphatic carbocycles. The molecule has 0 radical (unpaired) electrons. The molecule has 0 amide bonds. The highest BCUT2D eigenvalue weighted by Gasteiger charge is 2.13. The van der Waals surface area contributed by atoms with Gasteiger partial charge in [0.1, 0.15) is 5.82 Å². The van der Waals surface area contributed by atoms with Crippen LogP contribution in [-0.2, 0) is 6.42 Å². The zero-order chi connectivity index (χ0) is 15.4. The van der Waals surface area contributed by atoms with Crippen molar-refractivity contribution in [3.05, 3.63) is 41.3 Å². The van der Waals surface area contributed by atoms with E-state index >= 15 is 0 Å². The molecule has 2 heterocycles. The van der Waals surface area contributed by atoms with Crippen molar-refractivity contribution in [3.8, 4) is 0 Å². The van der Waals surface area contributed by atoms with Gasteiger partial charge in [0.25, 0.3) is 0 Å². The molecule has 0 N–H and O–H groups in total. The molecule has 0 aliphatic heterocycles. The maximum absolute atomic E-state index is 4.67. The van der Waals surface area contributed by atoms with Gasteiger partial charge in [-0.1, -0.05) is 0 Å². The van der Waals surface area contributed by atoms with E-state index in [1.807, 2.05) is 38.3 Å². The Morgan fingerprint density at radius 2 is 1.67 bits per heavy atom. The van der Waals surface area contributed by atoms with Crippen LogP contribution in [0.15, 0.2) is 24.5 Å². The maximum Gasteiger partial charge on any atom is 0.227 e. The van der Waals surface area contributed by atoms with Crippen molar-refractivity contribution in [1.29, 1.82) is 0 Å². The quantitative estimate of drug-likeness (QED) is 0.843. The van der Waals surface area contributed by atoms with Gasteiger partial charge in [-0.25, -0.2) is 4.98 Å². The smallest absolute Gasteiger partial charge is 0.227 e. The number of nitrogens with zero attached hydrogens (tertiary/aromatic N) is 5. The lowest BCUT2D eigenvalue weighted by molar-refractivity contribution is 0.838. The van der Waals surface area contributed by atoms with Crippen LogP contribution in [0.3, 0.4) is 0 Å². The summed E-state index contributed by atoms with van der Waals surface area (Å²) in [7, 11) is 6.01. The molecule has 0 bridgehead atoms. The number of hydrogen-bond donors (Lipinski definition) is 0. The number of aromatic nitrogens is 3. The van der Waals surface area contributed by atoms with Crippen LogP contribution in [0.5, 0.6) is 0 Å². The first-order valence-electron chi connectivity index (χ1n) is 7.11. The van der Waals surface area contributed by atoms with Crippen LogP contribution >= 0.6 is 0 Å². The van der Waals surface area contributed by atoms with Crippen LogP contribution in [0.25, 0.3) is 0 Å². The third kappa shape index (κ3) is 3.68. The molecule has 0 aliphatic rings. The highest BCUT2D eigenvalue weighted by Crippen LogP contribution is 2.21. The van der Waals surface area contributed by atoms with Crippen molar-refractivity contribution < 1.29 is 0 Å². The molecule has 2 aromatic rings. The summed E-state index contributed by atoms with van der Waals surface area (Å²) < 4.78 is 0. The normalized spacial score (nSPS) is 10.5. The van der Waals surface area contributed by atoms with Crippen LogP contribution < -0.4 is 9.80 Å². The Balaban J connectivity index is 2.16. The predicted molar refractivity (Wildman–Crippen MR) is 87.0 cm³/mol. The summed E-state index contributed by atoms with van der Waals surface area (Å²) in [6.07, 6.45) is 4.64. The van der Waals surface area contributed by atoms with Gasteiger partial charge >= 0.3 is 0 Å². The van der Waals surface area contributed by atoms with E-state index in [4.69, 9.17) is 0 Å². The molecule has 0 saturated carbocycles. The summed E-state index contributed by atoms with van der Waals surface area (Å²) in [6.45, 7) is 5.02. The predicted octanol–water partition coefficient (Wildman–Crippen LogP) is 2.23. The van der Waals surface area contributed by atoms with Gasteiger partial charge in [-0.15, -0.1) is 0 Å². The van der Waals surface area contributed by atoms with Gasteiger partial charge in [0.15, 0.2) is 0 Å². The first-order chi connectivity index (χ1) is 9.99. The molecule has 21 heavy (non-hydrogen) atoms. The molecule has 0 aromatic carbocycles. The average Bonchev–Trinajstić information content (AvgIpc) is 2.48. The summed E-state index contributed by atoms with van der Waals surface area (Å²) in [6, 6.07) is 4.11. The number of hydrogen-bond acceptors (Lipinski definition) is 5. The fraction of sp³-hybridized carbons (Fsp3) is 0.438. The SMILES string of the molecule is Cc1nc(N(C)C)nc(N(C)CCc2ccncc2)c1C. The minimum absolute atomic E-state index is 0.754. The largest absolute Gasteiger partial charge is 0.359 e. The lowest BCUT2D eigenvalue weighted by atomic mass is 10.2. The first kappa shape index (κ1) is 15.2. The lowest BCUT2D eigenvalue weighted by Gasteiger charge is -2.23. The number of aryl methyl sites for hydroxylation is 1. The Labute approximate surface area is 126 Å². The third-order valence-electron chi connectivity index (χ3n) is 3.60. The molecule has 0 saturated heterocycles. The van der Waals surface area contributed by atoms with Crippen molar-refractivity contribution in [2.24, 2.45) is 0 Å². The minimum Gasteiger partial charge on any atom is -0.359 e. The molecule has 2 rings (SSSR count). The Morgan fingerprint density at radius 1 is 1.00 bits per heavy atom. The van der Waals surface area contributed by atoms with Gasteiger partial charge in [0.2, 0.25) is 5.95 Å². The standard InChI is InChI=1S/C16H23N5/c1-12-13(2)18-16(20(3)4)19-15(12)21(5)11-8-14-6-9-17-10-7-14/h6-7,9-10H,8,11H2,1-5H3. The van der Waals surface area contributed by atoms with Gasteiger partial charge < -0.3 is 9.80 Å². The first-order valence-corrected chi connectivity index (χ1v) is 7.11. The molecule has 0 fully saturated rings. The summed E-state index contributed by atoms with van der Waals surface area (Å²) in [5.41, 5.74) is 3.45. The van der Waals surface area contributed by atoms with E-state index < -0.39 is 0 Å². The highest BCUT2D eigenvalue weighted by atomic mass is 15.3. The van der Waals surface area contributed by atoms with E-state index in [0.717, 1.165) is 36.0 Å². The maximum atomic E-state index is 4.67. The third-order valence-corrected chi connectivity index (χ3v) is 3.60. The van der Waals surface area contributed by atoms with E-state index in [-0.39, 0.29) is 0 Å². The van der Waals surface area contributed by atoms with Crippen LogP contribution in [0.1, 0.15) is 16.8 Å². The summed E-state index contributed by atoms with van der Waals surface area (Å²) in [5, 5.41) is 0. The Bertz CT molecular complexity index is 595. The van der Waals surface area contributed by atoms with E-state index in [1.54, 1.807) is 0 Å². The van der Waals surface area contributed by atoms with Gasteiger partial charge in [-0.05, 0) is 38.0 Å². The van der Waals surface area contributed by atoms with Crippen molar-refractivity contribution in [2.45, 2.75) is 20.3 Å². The van der Waals surface area contributed by atoms with Gasteiger partial charge in [-0.2, -0.15) is 4.98 Å². The molecule has 112 valence electrons. The minimum atomic E-state index is 0.754. The Hall–Kier alpha value is -2.17. The van der Waals surface area contributed by atoms with Crippen molar-refractivity contribution in [2.75, 3.05) is 37.5 Å². The Kier molecular flexibility index (Phi) is 4.73. The zero-order valence-corrected chi connectivity index (χ0v) is 13.5.